The third kappa shape index (κ3) is 4.00. The molecular weight excluding hydrogens is 280 g/mol. The highest BCUT2D eigenvalue weighted by Gasteiger charge is 2.03. The van der Waals surface area contributed by atoms with Crippen LogP contribution in [-0.4, -0.2) is 11.7 Å². The van der Waals surface area contributed by atoms with Crippen LogP contribution in [0.4, 0.5) is 0 Å². The second-order valence-electron chi connectivity index (χ2n) is 3.95. The van der Waals surface area contributed by atoms with E-state index in [1.54, 1.807) is 11.3 Å². The summed E-state index contributed by atoms with van der Waals surface area (Å²) in [6, 6.07) is 9.60. The fourth-order valence-electron chi connectivity index (χ4n) is 1.52. The molecular formula is C15H13ClO2S. The van der Waals surface area contributed by atoms with Gasteiger partial charge in [0.2, 0.25) is 0 Å². The molecule has 0 aliphatic carbocycles. The summed E-state index contributed by atoms with van der Waals surface area (Å²) in [4.78, 5) is 1.99. The molecule has 1 aromatic heterocycles. The largest absolute Gasteiger partial charge is 0.487 e. The monoisotopic (exact) mass is 292 g/mol. The molecule has 4 heteroatoms. The van der Waals surface area contributed by atoms with Gasteiger partial charge in [-0.05, 0) is 36.8 Å². The van der Waals surface area contributed by atoms with Crippen molar-refractivity contribution in [3.8, 4) is 17.6 Å². The summed E-state index contributed by atoms with van der Waals surface area (Å²) in [5, 5.41) is 9.25. The number of aryl methyl sites for hydroxylation is 1. The zero-order valence-electron chi connectivity index (χ0n) is 10.4. The van der Waals surface area contributed by atoms with Gasteiger partial charge in [-0.3, -0.25) is 0 Å². The summed E-state index contributed by atoms with van der Waals surface area (Å²) >= 11 is 7.65. The van der Waals surface area contributed by atoms with E-state index in [2.05, 4.69) is 11.8 Å². The minimum atomic E-state index is -0.122. The van der Waals surface area contributed by atoms with E-state index >= 15 is 0 Å². The van der Waals surface area contributed by atoms with E-state index in [4.69, 9.17) is 21.4 Å². The molecule has 0 saturated carbocycles. The van der Waals surface area contributed by atoms with Crippen LogP contribution in [0.2, 0.25) is 5.02 Å². The number of thiophene rings is 1. The summed E-state index contributed by atoms with van der Waals surface area (Å²) in [7, 11) is 0. The molecule has 1 heterocycles. The van der Waals surface area contributed by atoms with E-state index in [0.717, 1.165) is 15.3 Å². The van der Waals surface area contributed by atoms with Crippen LogP contribution in [0.1, 0.15) is 15.3 Å². The van der Waals surface area contributed by atoms with Gasteiger partial charge in [0.15, 0.2) is 0 Å². The summed E-state index contributed by atoms with van der Waals surface area (Å²) < 4.78 is 5.68. The lowest BCUT2D eigenvalue weighted by molar-refractivity contribution is 0.310. The number of hydrogen-bond donors (Lipinski definition) is 1. The van der Waals surface area contributed by atoms with Crippen LogP contribution in [0.5, 0.6) is 5.75 Å². The smallest absolute Gasteiger partial charge is 0.138 e. The van der Waals surface area contributed by atoms with Gasteiger partial charge in [0.25, 0.3) is 0 Å². The van der Waals surface area contributed by atoms with Crippen LogP contribution in [0.3, 0.4) is 0 Å². The number of halogens is 1. The van der Waals surface area contributed by atoms with E-state index in [0.29, 0.717) is 17.4 Å². The quantitative estimate of drug-likeness (QED) is 0.875. The molecule has 1 aromatic carbocycles. The lowest BCUT2D eigenvalue weighted by Gasteiger charge is -2.07. The predicted molar refractivity (Wildman–Crippen MR) is 78.8 cm³/mol. The van der Waals surface area contributed by atoms with E-state index in [9.17, 15) is 0 Å². The third-order valence-electron chi connectivity index (χ3n) is 2.41. The molecule has 1 N–H and O–H groups in total. The van der Waals surface area contributed by atoms with E-state index < -0.39 is 0 Å². The lowest BCUT2D eigenvalue weighted by Crippen LogP contribution is -1.93. The van der Waals surface area contributed by atoms with E-state index in [1.807, 2.05) is 37.3 Å². The normalized spacial score (nSPS) is 9.84. The zero-order valence-corrected chi connectivity index (χ0v) is 12.0. The fraction of sp³-hybridized carbons (Fsp3) is 0.200. The van der Waals surface area contributed by atoms with Crippen molar-refractivity contribution in [2.24, 2.45) is 0 Å². The Bertz CT molecular complexity index is 623. The zero-order chi connectivity index (χ0) is 13.7. The van der Waals surface area contributed by atoms with Crippen LogP contribution in [0.15, 0.2) is 30.3 Å². The first-order valence-electron chi connectivity index (χ1n) is 5.76. The average molecular weight is 293 g/mol. The third-order valence-corrected chi connectivity index (χ3v) is 3.68. The standard InChI is InChI=1S/C15H13ClO2S/c1-11-4-7-15(14(16)9-11)18-10-13-6-5-12(19-13)3-2-8-17/h4-7,9,17H,8,10H2,1H3. The molecule has 0 aliphatic rings. The average Bonchev–Trinajstić information content (AvgIpc) is 2.83. The van der Waals surface area contributed by atoms with Crippen molar-refractivity contribution in [3.63, 3.8) is 0 Å². The van der Waals surface area contributed by atoms with E-state index in [1.165, 1.54) is 0 Å². The Morgan fingerprint density at radius 1 is 1.32 bits per heavy atom. The number of hydrogen-bond acceptors (Lipinski definition) is 3. The van der Waals surface area contributed by atoms with Crippen molar-refractivity contribution in [2.45, 2.75) is 13.5 Å². The molecule has 0 saturated heterocycles. The van der Waals surface area contributed by atoms with Crippen LogP contribution >= 0.6 is 22.9 Å². The predicted octanol–water partition coefficient (Wildman–Crippen LogP) is 3.63. The first-order chi connectivity index (χ1) is 9.19. The molecule has 2 aromatic rings. The number of aliphatic hydroxyl groups is 1. The van der Waals surface area contributed by atoms with Gasteiger partial charge < -0.3 is 9.84 Å². The summed E-state index contributed by atoms with van der Waals surface area (Å²) in [5.41, 5.74) is 1.11. The number of rotatable bonds is 3. The van der Waals surface area contributed by atoms with Crippen molar-refractivity contribution < 1.29 is 9.84 Å². The van der Waals surface area contributed by atoms with Crippen molar-refractivity contribution in [3.05, 3.63) is 50.7 Å². The molecule has 0 aliphatic heterocycles. The maximum Gasteiger partial charge on any atom is 0.138 e. The van der Waals surface area contributed by atoms with Gasteiger partial charge in [-0.1, -0.05) is 29.5 Å². The summed E-state index contributed by atoms with van der Waals surface area (Å²) in [5.74, 6) is 6.17. The highest BCUT2D eigenvalue weighted by atomic mass is 35.5. The minimum absolute atomic E-state index is 0.122. The number of benzene rings is 1. The second kappa shape index (κ2) is 6.63. The fourth-order valence-corrected chi connectivity index (χ4v) is 2.61. The molecule has 0 spiro atoms. The Balaban J connectivity index is 2.00. The molecule has 2 rings (SSSR count). The van der Waals surface area contributed by atoms with Gasteiger partial charge >= 0.3 is 0 Å². The summed E-state index contributed by atoms with van der Waals surface area (Å²) in [6.07, 6.45) is 0. The molecule has 2 nitrogen and oxygen atoms in total. The topological polar surface area (TPSA) is 29.5 Å². The van der Waals surface area contributed by atoms with Crippen molar-refractivity contribution in [1.82, 2.24) is 0 Å². The van der Waals surface area contributed by atoms with Gasteiger partial charge in [0, 0.05) is 4.88 Å². The van der Waals surface area contributed by atoms with Gasteiger partial charge in [0.05, 0.1) is 9.90 Å². The van der Waals surface area contributed by atoms with Crippen LogP contribution in [-0.2, 0) is 6.61 Å². The number of aliphatic hydroxyl groups excluding tert-OH is 1. The first-order valence-corrected chi connectivity index (χ1v) is 6.96. The van der Waals surface area contributed by atoms with Gasteiger partial charge in [-0.2, -0.15) is 0 Å². The maximum absolute atomic E-state index is 8.63. The highest BCUT2D eigenvalue weighted by molar-refractivity contribution is 7.12. The van der Waals surface area contributed by atoms with Crippen molar-refractivity contribution in [2.75, 3.05) is 6.61 Å². The minimum Gasteiger partial charge on any atom is -0.487 e. The molecule has 0 atom stereocenters. The maximum atomic E-state index is 8.63. The molecule has 0 amide bonds. The van der Waals surface area contributed by atoms with Crippen LogP contribution < -0.4 is 4.74 Å². The van der Waals surface area contributed by atoms with Crippen LogP contribution in [0.25, 0.3) is 0 Å². The number of ether oxygens (including phenoxy) is 1. The van der Waals surface area contributed by atoms with Crippen molar-refractivity contribution >= 4 is 22.9 Å². The Morgan fingerprint density at radius 2 is 2.16 bits per heavy atom. The van der Waals surface area contributed by atoms with Gasteiger partial charge in [0.1, 0.15) is 19.0 Å². The van der Waals surface area contributed by atoms with Gasteiger partial charge in [-0.25, -0.2) is 0 Å². The highest BCUT2D eigenvalue weighted by Crippen LogP contribution is 2.27. The molecule has 0 unspecified atom stereocenters. The Hall–Kier alpha value is -1.47. The second-order valence-corrected chi connectivity index (χ2v) is 5.52. The SMILES string of the molecule is Cc1ccc(OCc2ccc(C#CCO)s2)c(Cl)c1. The summed E-state index contributed by atoms with van der Waals surface area (Å²) in [6.45, 7) is 2.33. The van der Waals surface area contributed by atoms with Gasteiger partial charge in [-0.15, -0.1) is 11.3 Å². The lowest BCUT2D eigenvalue weighted by atomic mass is 10.2. The first kappa shape index (κ1) is 14.0. The van der Waals surface area contributed by atoms with Crippen LogP contribution in [0, 0.1) is 18.8 Å². The molecule has 19 heavy (non-hydrogen) atoms. The Kier molecular flexibility index (Phi) is 4.86. The Labute approximate surface area is 121 Å². The molecule has 0 radical (unpaired) electrons. The van der Waals surface area contributed by atoms with Crippen molar-refractivity contribution in [1.29, 1.82) is 0 Å². The molecule has 98 valence electrons. The molecule has 0 fully saturated rings. The Morgan fingerprint density at radius 3 is 2.89 bits per heavy atom. The molecule has 0 bridgehead atoms. The van der Waals surface area contributed by atoms with E-state index in [-0.39, 0.29) is 6.61 Å².